The van der Waals surface area contributed by atoms with Crippen molar-refractivity contribution in [2.75, 3.05) is 23.9 Å². The number of aliphatic hydroxyl groups excluding tert-OH is 1. The van der Waals surface area contributed by atoms with E-state index in [1.165, 1.54) is 0 Å². The number of urea groups is 1. The summed E-state index contributed by atoms with van der Waals surface area (Å²) in [4.78, 5) is 11.6. The molecule has 106 valence electrons. The lowest BCUT2D eigenvalue weighted by Gasteiger charge is -2.10. The number of benzene rings is 1. The van der Waals surface area contributed by atoms with Crippen LogP contribution in [0.25, 0.3) is 0 Å². The molecule has 0 saturated carbocycles. The van der Waals surface area contributed by atoms with Crippen LogP contribution in [0.5, 0.6) is 0 Å². The molecule has 0 aromatic heterocycles. The van der Waals surface area contributed by atoms with Crippen LogP contribution in [0.1, 0.15) is 31.4 Å². The van der Waals surface area contributed by atoms with Crippen molar-refractivity contribution in [3.63, 3.8) is 0 Å². The van der Waals surface area contributed by atoms with E-state index < -0.39 is 6.10 Å². The average molecular weight is 282 g/mol. The number of carbonyl (C=O) groups is 1. The molecule has 1 unspecified atom stereocenters. The number of rotatable bonds is 7. The van der Waals surface area contributed by atoms with E-state index in [1.54, 1.807) is 19.1 Å². The van der Waals surface area contributed by atoms with E-state index in [2.05, 4.69) is 16.9 Å². The van der Waals surface area contributed by atoms with Crippen LogP contribution in [-0.2, 0) is 0 Å². The van der Waals surface area contributed by atoms with Gasteiger partial charge in [-0.2, -0.15) is 11.8 Å². The molecule has 3 N–H and O–H groups in total. The fourth-order valence-corrected chi connectivity index (χ4v) is 2.12. The monoisotopic (exact) mass is 282 g/mol. The molecule has 1 aromatic carbocycles. The fourth-order valence-electron chi connectivity index (χ4n) is 1.62. The van der Waals surface area contributed by atoms with Crippen LogP contribution in [-0.4, -0.2) is 29.7 Å². The van der Waals surface area contributed by atoms with Crippen molar-refractivity contribution in [1.29, 1.82) is 0 Å². The Morgan fingerprint density at radius 2 is 2.21 bits per heavy atom. The molecule has 0 saturated heterocycles. The van der Waals surface area contributed by atoms with Gasteiger partial charge >= 0.3 is 6.03 Å². The van der Waals surface area contributed by atoms with E-state index in [0.717, 1.165) is 24.2 Å². The number of nitrogens with one attached hydrogen (secondary N) is 2. The predicted octanol–water partition coefficient (Wildman–Crippen LogP) is 3.00. The number of aliphatic hydroxyl groups is 1. The molecule has 4 nitrogen and oxygen atoms in total. The molecule has 0 aliphatic heterocycles. The number of thioether (sulfide) groups is 1. The molecule has 0 spiro atoms. The Morgan fingerprint density at radius 1 is 1.42 bits per heavy atom. The average Bonchev–Trinajstić information content (AvgIpc) is 2.38. The summed E-state index contributed by atoms with van der Waals surface area (Å²) in [5.74, 6) is 1.12. The SMILES string of the molecule is CSCCCCNC(=O)Nc1cccc(C(C)O)c1. The molecule has 0 radical (unpaired) electrons. The third kappa shape index (κ3) is 6.50. The summed E-state index contributed by atoms with van der Waals surface area (Å²) in [6, 6.07) is 7.02. The van der Waals surface area contributed by atoms with Gasteiger partial charge in [0.25, 0.3) is 0 Å². The first-order chi connectivity index (χ1) is 9.13. The van der Waals surface area contributed by atoms with Crippen LogP contribution in [0, 0.1) is 0 Å². The molecule has 0 bridgehead atoms. The topological polar surface area (TPSA) is 61.4 Å². The first kappa shape index (κ1) is 15.9. The van der Waals surface area contributed by atoms with Gasteiger partial charge in [-0.05, 0) is 49.5 Å². The van der Waals surface area contributed by atoms with Gasteiger partial charge in [0, 0.05) is 12.2 Å². The zero-order valence-corrected chi connectivity index (χ0v) is 12.3. The third-order valence-corrected chi connectivity index (χ3v) is 3.38. The van der Waals surface area contributed by atoms with Gasteiger partial charge in [0.05, 0.1) is 6.10 Å². The van der Waals surface area contributed by atoms with Crippen LogP contribution in [0.2, 0.25) is 0 Å². The van der Waals surface area contributed by atoms with Gasteiger partial charge in [-0.15, -0.1) is 0 Å². The Kier molecular flexibility index (Phi) is 7.36. The van der Waals surface area contributed by atoms with E-state index in [0.29, 0.717) is 12.2 Å². The maximum Gasteiger partial charge on any atom is 0.319 e. The van der Waals surface area contributed by atoms with Gasteiger partial charge in [0.1, 0.15) is 0 Å². The molecule has 0 heterocycles. The largest absolute Gasteiger partial charge is 0.389 e. The van der Waals surface area contributed by atoms with Crippen molar-refractivity contribution in [2.45, 2.75) is 25.9 Å². The molecule has 0 aliphatic rings. The highest BCUT2D eigenvalue weighted by Gasteiger charge is 2.04. The van der Waals surface area contributed by atoms with Crippen molar-refractivity contribution < 1.29 is 9.90 Å². The highest BCUT2D eigenvalue weighted by atomic mass is 32.2. The van der Waals surface area contributed by atoms with Crippen LogP contribution in [0.3, 0.4) is 0 Å². The minimum atomic E-state index is -0.531. The van der Waals surface area contributed by atoms with Gasteiger partial charge in [0.2, 0.25) is 0 Å². The molecule has 1 atom stereocenters. The van der Waals surface area contributed by atoms with Crippen molar-refractivity contribution in [2.24, 2.45) is 0 Å². The van der Waals surface area contributed by atoms with Crippen molar-refractivity contribution in [3.8, 4) is 0 Å². The summed E-state index contributed by atoms with van der Waals surface area (Å²) < 4.78 is 0. The molecule has 19 heavy (non-hydrogen) atoms. The first-order valence-electron chi connectivity index (χ1n) is 6.45. The van der Waals surface area contributed by atoms with Crippen LogP contribution in [0.4, 0.5) is 10.5 Å². The molecule has 0 aliphatic carbocycles. The molecular formula is C14H22N2O2S. The summed E-state index contributed by atoms with van der Waals surface area (Å²) in [7, 11) is 0. The van der Waals surface area contributed by atoms with Crippen LogP contribution in [0.15, 0.2) is 24.3 Å². The number of anilines is 1. The predicted molar refractivity (Wildman–Crippen MR) is 81.7 cm³/mol. The molecule has 1 aromatic rings. The minimum absolute atomic E-state index is 0.202. The summed E-state index contributed by atoms with van der Waals surface area (Å²) in [5.41, 5.74) is 1.48. The zero-order valence-electron chi connectivity index (χ0n) is 11.5. The van der Waals surface area contributed by atoms with Gasteiger partial charge in [-0.3, -0.25) is 0 Å². The second-order valence-corrected chi connectivity index (χ2v) is 5.37. The van der Waals surface area contributed by atoms with E-state index in [9.17, 15) is 9.90 Å². The maximum atomic E-state index is 11.6. The molecule has 1 rings (SSSR count). The summed E-state index contributed by atoms with van der Waals surface area (Å²) in [5, 5.41) is 15.1. The van der Waals surface area contributed by atoms with E-state index in [4.69, 9.17) is 0 Å². The number of carbonyl (C=O) groups excluding carboxylic acids is 1. The number of amides is 2. The molecule has 2 amide bonds. The molecule has 0 fully saturated rings. The third-order valence-electron chi connectivity index (χ3n) is 2.69. The van der Waals surface area contributed by atoms with Crippen LogP contribution < -0.4 is 10.6 Å². The lowest BCUT2D eigenvalue weighted by atomic mass is 10.1. The van der Waals surface area contributed by atoms with Gasteiger partial charge in [-0.25, -0.2) is 4.79 Å². The van der Waals surface area contributed by atoms with E-state index >= 15 is 0 Å². The van der Waals surface area contributed by atoms with E-state index in [-0.39, 0.29) is 6.03 Å². The maximum absolute atomic E-state index is 11.6. The Labute approximate surface area is 119 Å². The quantitative estimate of drug-likeness (QED) is 0.674. The van der Waals surface area contributed by atoms with Gasteiger partial charge in [0.15, 0.2) is 0 Å². The highest BCUT2D eigenvalue weighted by molar-refractivity contribution is 7.98. The Balaban J connectivity index is 2.33. The summed E-state index contributed by atoms with van der Waals surface area (Å²) in [6.07, 6.45) is 3.65. The first-order valence-corrected chi connectivity index (χ1v) is 7.84. The standard InChI is InChI=1S/C14H22N2O2S/c1-11(17)12-6-5-7-13(10-12)16-14(18)15-8-3-4-9-19-2/h5-7,10-11,17H,3-4,8-9H2,1-2H3,(H2,15,16,18). The lowest BCUT2D eigenvalue weighted by Crippen LogP contribution is -2.29. The van der Waals surface area contributed by atoms with Crippen LogP contribution >= 0.6 is 11.8 Å². The highest BCUT2D eigenvalue weighted by Crippen LogP contribution is 2.16. The number of unbranched alkanes of at least 4 members (excludes halogenated alkanes) is 1. The van der Waals surface area contributed by atoms with Crippen molar-refractivity contribution in [1.82, 2.24) is 5.32 Å². The lowest BCUT2D eigenvalue weighted by molar-refractivity contribution is 0.199. The normalized spacial score (nSPS) is 11.9. The zero-order chi connectivity index (χ0) is 14.1. The summed E-state index contributed by atoms with van der Waals surface area (Å²) >= 11 is 1.82. The Bertz CT molecular complexity index is 397. The number of hydrogen-bond donors (Lipinski definition) is 3. The smallest absolute Gasteiger partial charge is 0.319 e. The minimum Gasteiger partial charge on any atom is -0.389 e. The molecular weight excluding hydrogens is 260 g/mol. The number of hydrogen-bond acceptors (Lipinski definition) is 3. The Morgan fingerprint density at radius 3 is 2.89 bits per heavy atom. The van der Waals surface area contributed by atoms with E-state index in [1.807, 2.05) is 23.9 Å². The second-order valence-electron chi connectivity index (χ2n) is 4.38. The molecule has 5 heteroatoms. The summed E-state index contributed by atoms with van der Waals surface area (Å²) in [6.45, 7) is 2.38. The van der Waals surface area contributed by atoms with Crippen molar-refractivity contribution >= 4 is 23.5 Å². The van der Waals surface area contributed by atoms with Gasteiger partial charge in [-0.1, -0.05) is 12.1 Å². The second kappa shape index (κ2) is 8.82. The van der Waals surface area contributed by atoms with Crippen molar-refractivity contribution in [3.05, 3.63) is 29.8 Å². The van der Waals surface area contributed by atoms with Gasteiger partial charge < -0.3 is 15.7 Å². The fraction of sp³-hybridized carbons (Fsp3) is 0.500. The Hall–Kier alpha value is -1.20.